The molecule has 0 radical (unpaired) electrons. The van der Waals surface area contributed by atoms with Crippen LogP contribution in [0.4, 0.5) is 4.39 Å². The minimum atomic E-state index is -0.333. The molecule has 0 saturated carbocycles. The van der Waals surface area contributed by atoms with E-state index in [1.807, 2.05) is 0 Å². The van der Waals surface area contributed by atoms with Gasteiger partial charge in [-0.15, -0.1) is 0 Å². The van der Waals surface area contributed by atoms with Crippen LogP contribution < -0.4 is 0 Å². The van der Waals surface area contributed by atoms with Crippen molar-refractivity contribution in [3.63, 3.8) is 0 Å². The second-order valence-corrected chi connectivity index (χ2v) is 3.69. The Morgan fingerprint density at radius 3 is 2.94 bits per heavy atom. The van der Waals surface area contributed by atoms with E-state index in [0.29, 0.717) is 22.2 Å². The molecular weight excluding hydrogens is 221 g/mol. The van der Waals surface area contributed by atoms with Crippen LogP contribution in [0.15, 0.2) is 36.7 Å². The molecule has 0 spiro atoms. The molecular formula is C12H8FN3O. The lowest BCUT2D eigenvalue weighted by Gasteiger charge is -1.96. The number of nitrogens with one attached hydrogen (secondary N) is 2. The lowest BCUT2D eigenvalue weighted by Crippen LogP contribution is -2.00. The molecule has 84 valence electrons. The van der Waals surface area contributed by atoms with Crippen LogP contribution in [-0.2, 0) is 0 Å². The van der Waals surface area contributed by atoms with Gasteiger partial charge in [0.2, 0.25) is 5.78 Å². The van der Waals surface area contributed by atoms with Crippen LogP contribution in [0.1, 0.15) is 16.1 Å². The fourth-order valence-corrected chi connectivity index (χ4v) is 1.81. The summed E-state index contributed by atoms with van der Waals surface area (Å²) in [4.78, 5) is 15.0. The number of hydrogen-bond donors (Lipinski definition) is 2. The van der Waals surface area contributed by atoms with Gasteiger partial charge in [0.1, 0.15) is 11.5 Å². The summed E-state index contributed by atoms with van der Waals surface area (Å²) in [5, 5.41) is 7.05. The van der Waals surface area contributed by atoms with Crippen LogP contribution in [0.25, 0.3) is 10.9 Å². The second kappa shape index (κ2) is 3.55. The Labute approximate surface area is 95.5 Å². The Morgan fingerprint density at radius 2 is 2.18 bits per heavy atom. The number of aromatic amines is 2. The molecule has 2 N–H and O–H groups in total. The number of carbonyl (C=O) groups excluding carboxylic acids is 1. The SMILES string of the molecule is O=C(c1ccn[nH]1)c1c[nH]c2cc(F)ccc12. The fraction of sp³-hybridized carbons (Fsp3) is 0. The van der Waals surface area contributed by atoms with Gasteiger partial charge in [-0.3, -0.25) is 9.89 Å². The monoisotopic (exact) mass is 229 g/mol. The van der Waals surface area contributed by atoms with Gasteiger partial charge < -0.3 is 4.98 Å². The van der Waals surface area contributed by atoms with E-state index < -0.39 is 0 Å². The van der Waals surface area contributed by atoms with Crippen LogP contribution in [0.3, 0.4) is 0 Å². The van der Waals surface area contributed by atoms with Crippen LogP contribution >= 0.6 is 0 Å². The molecule has 0 aliphatic rings. The molecule has 0 atom stereocenters. The smallest absolute Gasteiger partial charge is 0.212 e. The number of aromatic nitrogens is 3. The van der Waals surface area contributed by atoms with Crippen LogP contribution in [0.5, 0.6) is 0 Å². The van der Waals surface area contributed by atoms with Gasteiger partial charge in [-0.05, 0) is 24.3 Å². The van der Waals surface area contributed by atoms with Crippen LogP contribution in [0, 0.1) is 5.82 Å². The maximum absolute atomic E-state index is 13.0. The maximum atomic E-state index is 13.0. The van der Waals surface area contributed by atoms with E-state index in [1.54, 1.807) is 18.3 Å². The highest BCUT2D eigenvalue weighted by atomic mass is 19.1. The third-order valence-corrected chi connectivity index (χ3v) is 2.63. The molecule has 0 bridgehead atoms. The van der Waals surface area contributed by atoms with Gasteiger partial charge in [0.25, 0.3) is 0 Å². The highest BCUT2D eigenvalue weighted by molar-refractivity contribution is 6.15. The molecule has 0 amide bonds. The normalized spacial score (nSPS) is 10.9. The molecule has 4 nitrogen and oxygen atoms in total. The number of ketones is 1. The van der Waals surface area contributed by atoms with Crippen LogP contribution in [0.2, 0.25) is 0 Å². The molecule has 2 aromatic heterocycles. The van der Waals surface area contributed by atoms with E-state index >= 15 is 0 Å². The Hall–Kier alpha value is -2.43. The van der Waals surface area contributed by atoms with Gasteiger partial charge >= 0.3 is 0 Å². The second-order valence-electron chi connectivity index (χ2n) is 3.69. The van der Waals surface area contributed by atoms with Gasteiger partial charge in [0.05, 0.1) is 0 Å². The molecule has 0 unspecified atom stereocenters. The summed E-state index contributed by atoms with van der Waals surface area (Å²) in [6.45, 7) is 0. The number of H-pyrrole nitrogens is 2. The van der Waals surface area contributed by atoms with Crippen molar-refractivity contribution in [2.45, 2.75) is 0 Å². The van der Waals surface area contributed by atoms with Crippen molar-refractivity contribution in [2.75, 3.05) is 0 Å². The van der Waals surface area contributed by atoms with Gasteiger partial charge in [0.15, 0.2) is 0 Å². The Kier molecular flexibility index (Phi) is 2.04. The van der Waals surface area contributed by atoms with E-state index in [9.17, 15) is 9.18 Å². The van der Waals surface area contributed by atoms with Crippen molar-refractivity contribution < 1.29 is 9.18 Å². The number of halogens is 1. The molecule has 17 heavy (non-hydrogen) atoms. The number of hydrogen-bond acceptors (Lipinski definition) is 2. The number of nitrogens with zero attached hydrogens (tertiary/aromatic N) is 1. The zero-order chi connectivity index (χ0) is 11.8. The third kappa shape index (κ3) is 1.52. The fourth-order valence-electron chi connectivity index (χ4n) is 1.81. The quantitative estimate of drug-likeness (QED) is 0.662. The maximum Gasteiger partial charge on any atom is 0.212 e. The number of fused-ring (bicyclic) bond motifs is 1. The molecule has 0 aliphatic carbocycles. The molecule has 1 aromatic carbocycles. The first-order valence-electron chi connectivity index (χ1n) is 5.06. The average molecular weight is 229 g/mol. The van der Waals surface area contributed by atoms with E-state index in [4.69, 9.17) is 0 Å². The van der Waals surface area contributed by atoms with Gasteiger partial charge in [-0.1, -0.05) is 0 Å². The first-order valence-corrected chi connectivity index (χ1v) is 5.06. The lowest BCUT2D eigenvalue weighted by atomic mass is 10.1. The average Bonchev–Trinajstić information content (AvgIpc) is 2.96. The zero-order valence-electron chi connectivity index (χ0n) is 8.70. The lowest BCUT2D eigenvalue weighted by molar-refractivity contribution is 0.103. The summed E-state index contributed by atoms with van der Waals surface area (Å²) in [6.07, 6.45) is 3.09. The Balaban J connectivity index is 2.15. The minimum Gasteiger partial charge on any atom is -0.360 e. The first kappa shape index (κ1) is 9.77. The number of benzene rings is 1. The minimum absolute atomic E-state index is 0.166. The van der Waals surface area contributed by atoms with Crippen molar-refractivity contribution >= 4 is 16.7 Å². The molecule has 3 aromatic rings. The van der Waals surface area contributed by atoms with Crippen molar-refractivity contribution in [1.82, 2.24) is 15.2 Å². The molecule has 0 fully saturated rings. The largest absolute Gasteiger partial charge is 0.360 e. The van der Waals surface area contributed by atoms with Crippen LogP contribution in [-0.4, -0.2) is 21.0 Å². The van der Waals surface area contributed by atoms with E-state index in [0.717, 1.165) is 0 Å². The topological polar surface area (TPSA) is 61.5 Å². The van der Waals surface area contributed by atoms with Crippen molar-refractivity contribution in [3.05, 3.63) is 53.7 Å². The summed E-state index contributed by atoms with van der Waals surface area (Å²) in [7, 11) is 0. The van der Waals surface area contributed by atoms with Gasteiger partial charge in [0, 0.05) is 28.9 Å². The highest BCUT2D eigenvalue weighted by Gasteiger charge is 2.15. The summed E-state index contributed by atoms with van der Waals surface area (Å²) in [6, 6.07) is 5.88. The molecule has 0 aliphatic heterocycles. The Morgan fingerprint density at radius 1 is 1.29 bits per heavy atom. The first-order chi connectivity index (χ1) is 8.25. The van der Waals surface area contributed by atoms with E-state index in [1.165, 1.54) is 18.3 Å². The van der Waals surface area contributed by atoms with Gasteiger partial charge in [-0.25, -0.2) is 4.39 Å². The van der Waals surface area contributed by atoms with Crippen molar-refractivity contribution in [1.29, 1.82) is 0 Å². The summed E-state index contributed by atoms with van der Waals surface area (Å²) < 4.78 is 13.0. The predicted octanol–water partition coefficient (Wildman–Crippen LogP) is 2.26. The Bertz CT molecular complexity index is 685. The number of rotatable bonds is 2. The molecule has 0 saturated heterocycles. The summed E-state index contributed by atoms with van der Waals surface area (Å²) >= 11 is 0. The third-order valence-electron chi connectivity index (χ3n) is 2.63. The number of carbonyl (C=O) groups is 1. The van der Waals surface area contributed by atoms with E-state index in [2.05, 4.69) is 15.2 Å². The highest BCUT2D eigenvalue weighted by Crippen LogP contribution is 2.21. The van der Waals surface area contributed by atoms with Gasteiger partial charge in [-0.2, -0.15) is 5.10 Å². The molecule has 5 heteroatoms. The summed E-state index contributed by atoms with van der Waals surface area (Å²) in [5.41, 5.74) is 1.52. The van der Waals surface area contributed by atoms with Crippen molar-refractivity contribution in [3.8, 4) is 0 Å². The standard InChI is InChI=1S/C12H8FN3O/c13-7-1-2-8-9(6-14-11(8)5-7)12(17)10-3-4-15-16-10/h1-6,14H,(H,15,16). The molecule has 2 heterocycles. The molecule has 3 rings (SSSR count). The van der Waals surface area contributed by atoms with E-state index in [-0.39, 0.29) is 11.6 Å². The predicted molar refractivity (Wildman–Crippen MR) is 60.3 cm³/mol. The zero-order valence-corrected chi connectivity index (χ0v) is 8.70. The summed E-state index contributed by atoms with van der Waals surface area (Å²) in [5.74, 6) is -0.500. The van der Waals surface area contributed by atoms with Crippen molar-refractivity contribution in [2.24, 2.45) is 0 Å².